The number of aliphatic hydroxyl groups excluding tert-OH is 1. The number of hydrogen-bond acceptors (Lipinski definition) is 5. The van der Waals surface area contributed by atoms with E-state index in [4.69, 9.17) is 0 Å². The molecule has 3 N–H and O–H groups in total. The van der Waals surface area contributed by atoms with Crippen molar-refractivity contribution in [1.29, 1.82) is 0 Å². The second-order valence-electron chi connectivity index (χ2n) is 5.57. The Labute approximate surface area is 132 Å². The van der Waals surface area contributed by atoms with E-state index in [1.54, 1.807) is 22.9 Å². The highest BCUT2D eigenvalue weighted by molar-refractivity contribution is 5.92. The van der Waals surface area contributed by atoms with Crippen LogP contribution in [-0.2, 0) is 0 Å². The fourth-order valence-electron chi connectivity index (χ4n) is 3.06. The summed E-state index contributed by atoms with van der Waals surface area (Å²) in [4.78, 5) is 23.8. The molecule has 0 bridgehead atoms. The molecule has 1 unspecified atom stereocenters. The van der Waals surface area contributed by atoms with Gasteiger partial charge in [0.05, 0.1) is 11.6 Å². The summed E-state index contributed by atoms with van der Waals surface area (Å²) in [6.07, 6.45) is 1.96. The number of nitrogens with zero attached hydrogens (tertiary/aromatic N) is 2. The number of carboxylic acids is 1. The van der Waals surface area contributed by atoms with E-state index in [0.717, 1.165) is 6.54 Å². The zero-order valence-corrected chi connectivity index (χ0v) is 12.6. The van der Waals surface area contributed by atoms with Gasteiger partial charge in [-0.25, -0.2) is 4.79 Å². The van der Waals surface area contributed by atoms with E-state index in [0.29, 0.717) is 30.4 Å². The lowest BCUT2D eigenvalue weighted by Crippen LogP contribution is -2.56. The molecule has 0 saturated carbocycles. The van der Waals surface area contributed by atoms with Crippen molar-refractivity contribution in [2.75, 3.05) is 31.3 Å². The SMILES string of the molecule is O=C(O)c1cn(N2CCNCC2CCO)c2ccccc2c1=O. The molecule has 1 aliphatic heterocycles. The highest BCUT2D eigenvalue weighted by Gasteiger charge is 2.24. The number of carboxylic acid groups (broad SMARTS) is 1. The van der Waals surface area contributed by atoms with Crippen LogP contribution in [0.25, 0.3) is 10.9 Å². The number of rotatable bonds is 4. The van der Waals surface area contributed by atoms with Crippen LogP contribution < -0.4 is 15.8 Å². The average molecular weight is 317 g/mol. The molecule has 2 heterocycles. The Hall–Kier alpha value is -2.38. The predicted octanol–water partition coefficient (Wildman–Crippen LogP) is -0.00810. The van der Waals surface area contributed by atoms with Crippen LogP contribution in [0.5, 0.6) is 0 Å². The van der Waals surface area contributed by atoms with E-state index < -0.39 is 11.4 Å². The number of nitrogens with one attached hydrogen (secondary N) is 1. The summed E-state index contributed by atoms with van der Waals surface area (Å²) < 4.78 is 1.75. The number of aliphatic hydroxyl groups is 1. The van der Waals surface area contributed by atoms with Crippen LogP contribution in [0.15, 0.2) is 35.3 Å². The predicted molar refractivity (Wildman–Crippen MR) is 86.6 cm³/mol. The van der Waals surface area contributed by atoms with Crippen LogP contribution in [0.1, 0.15) is 16.8 Å². The third-order valence-electron chi connectivity index (χ3n) is 4.18. The molecule has 7 heteroatoms. The Kier molecular flexibility index (Phi) is 4.31. The van der Waals surface area contributed by atoms with Gasteiger partial charge in [-0.15, -0.1) is 0 Å². The van der Waals surface area contributed by atoms with Crippen LogP contribution in [0.2, 0.25) is 0 Å². The zero-order chi connectivity index (χ0) is 16.4. The van der Waals surface area contributed by atoms with Crippen LogP contribution in [0, 0.1) is 0 Å². The molecule has 122 valence electrons. The summed E-state index contributed by atoms with van der Waals surface area (Å²) in [5, 5.41) is 24.3. The number of para-hydroxylation sites is 1. The Morgan fingerprint density at radius 3 is 2.87 bits per heavy atom. The zero-order valence-electron chi connectivity index (χ0n) is 12.6. The van der Waals surface area contributed by atoms with E-state index in [1.807, 2.05) is 11.1 Å². The summed E-state index contributed by atoms with van der Waals surface area (Å²) >= 11 is 0. The molecule has 3 rings (SSSR count). The molecule has 0 spiro atoms. The van der Waals surface area contributed by atoms with Crippen LogP contribution in [-0.4, -0.2) is 53.1 Å². The summed E-state index contributed by atoms with van der Waals surface area (Å²) in [5.74, 6) is -1.23. The number of aromatic nitrogens is 1. The molecule has 1 aliphatic rings. The van der Waals surface area contributed by atoms with Gasteiger partial charge < -0.3 is 20.5 Å². The van der Waals surface area contributed by atoms with E-state index in [2.05, 4.69) is 5.32 Å². The first-order chi connectivity index (χ1) is 11.1. The summed E-state index contributed by atoms with van der Waals surface area (Å²) in [6.45, 7) is 2.16. The van der Waals surface area contributed by atoms with E-state index in [9.17, 15) is 19.8 Å². The summed E-state index contributed by atoms with van der Waals surface area (Å²) in [7, 11) is 0. The molecule has 7 nitrogen and oxygen atoms in total. The van der Waals surface area contributed by atoms with Crippen molar-refractivity contribution in [3.05, 3.63) is 46.2 Å². The maximum Gasteiger partial charge on any atom is 0.341 e. The third kappa shape index (κ3) is 2.80. The number of aromatic carboxylic acids is 1. The van der Waals surface area contributed by atoms with Crippen molar-refractivity contribution in [3.8, 4) is 0 Å². The Morgan fingerprint density at radius 2 is 2.13 bits per heavy atom. The van der Waals surface area contributed by atoms with Gasteiger partial charge in [0.1, 0.15) is 5.56 Å². The fraction of sp³-hybridized carbons (Fsp3) is 0.375. The van der Waals surface area contributed by atoms with E-state index >= 15 is 0 Å². The molecule has 1 fully saturated rings. The molecule has 0 aliphatic carbocycles. The minimum atomic E-state index is -1.23. The van der Waals surface area contributed by atoms with Crippen molar-refractivity contribution in [2.24, 2.45) is 0 Å². The number of carbonyl (C=O) groups is 1. The Bertz CT molecular complexity index is 784. The monoisotopic (exact) mass is 317 g/mol. The van der Waals surface area contributed by atoms with Gasteiger partial charge in [0.25, 0.3) is 0 Å². The Balaban J connectivity index is 2.21. The van der Waals surface area contributed by atoms with E-state index in [1.165, 1.54) is 6.20 Å². The minimum absolute atomic E-state index is 0.0290. The number of piperazine rings is 1. The van der Waals surface area contributed by atoms with E-state index in [-0.39, 0.29) is 18.2 Å². The lowest BCUT2D eigenvalue weighted by atomic mass is 10.1. The van der Waals surface area contributed by atoms with Gasteiger partial charge in [-0.1, -0.05) is 12.1 Å². The Morgan fingerprint density at radius 1 is 1.35 bits per heavy atom. The summed E-state index contributed by atoms with van der Waals surface area (Å²) in [5.41, 5.74) is -0.0458. The topological polar surface area (TPSA) is 94.8 Å². The third-order valence-corrected chi connectivity index (χ3v) is 4.18. The lowest BCUT2D eigenvalue weighted by Gasteiger charge is -2.39. The quantitative estimate of drug-likeness (QED) is 0.734. The lowest BCUT2D eigenvalue weighted by molar-refractivity contribution is 0.0694. The first-order valence-corrected chi connectivity index (χ1v) is 7.59. The van der Waals surface area contributed by atoms with Crippen molar-refractivity contribution in [1.82, 2.24) is 9.99 Å². The van der Waals surface area contributed by atoms with Crippen LogP contribution in [0.4, 0.5) is 0 Å². The highest BCUT2D eigenvalue weighted by atomic mass is 16.4. The molecule has 0 amide bonds. The molecule has 1 atom stereocenters. The standard InChI is InChI=1S/C16H19N3O4/c20-8-5-11-9-17-6-7-18(11)19-10-13(16(22)23)15(21)12-3-1-2-4-14(12)19/h1-4,10-11,17,20H,5-9H2,(H,22,23). The van der Waals surface area contributed by atoms with Gasteiger partial charge in [-0.3, -0.25) is 9.47 Å². The maximum absolute atomic E-state index is 12.3. The average Bonchev–Trinajstić information content (AvgIpc) is 2.56. The normalized spacial score (nSPS) is 18.3. The molecule has 2 aromatic rings. The molecule has 1 saturated heterocycles. The second-order valence-corrected chi connectivity index (χ2v) is 5.57. The molecule has 1 aromatic carbocycles. The molecular formula is C16H19N3O4. The smallest absolute Gasteiger partial charge is 0.341 e. The number of hydrogen-bond donors (Lipinski definition) is 3. The molecule has 0 radical (unpaired) electrons. The number of pyridine rings is 1. The summed E-state index contributed by atoms with van der Waals surface area (Å²) in [6, 6.07) is 7.02. The molecular weight excluding hydrogens is 298 g/mol. The number of fused-ring (bicyclic) bond motifs is 1. The van der Waals surface area contributed by atoms with Crippen molar-refractivity contribution in [3.63, 3.8) is 0 Å². The van der Waals surface area contributed by atoms with Gasteiger partial charge in [0.2, 0.25) is 5.43 Å². The van der Waals surface area contributed by atoms with Gasteiger partial charge in [0, 0.05) is 37.8 Å². The van der Waals surface area contributed by atoms with Gasteiger partial charge >= 0.3 is 5.97 Å². The first kappa shape index (κ1) is 15.5. The van der Waals surface area contributed by atoms with Crippen molar-refractivity contribution >= 4 is 16.9 Å². The van der Waals surface area contributed by atoms with Crippen molar-refractivity contribution < 1.29 is 15.0 Å². The van der Waals surface area contributed by atoms with Gasteiger partial charge in [-0.05, 0) is 18.6 Å². The van der Waals surface area contributed by atoms with Gasteiger partial charge in [-0.2, -0.15) is 0 Å². The molecule has 1 aromatic heterocycles. The molecule has 23 heavy (non-hydrogen) atoms. The number of benzene rings is 1. The first-order valence-electron chi connectivity index (χ1n) is 7.59. The van der Waals surface area contributed by atoms with Gasteiger partial charge in [0.15, 0.2) is 0 Å². The largest absolute Gasteiger partial charge is 0.477 e. The maximum atomic E-state index is 12.3. The fourth-order valence-corrected chi connectivity index (χ4v) is 3.06. The minimum Gasteiger partial charge on any atom is -0.477 e. The van der Waals surface area contributed by atoms with Crippen LogP contribution in [0.3, 0.4) is 0 Å². The van der Waals surface area contributed by atoms with Crippen molar-refractivity contribution in [2.45, 2.75) is 12.5 Å². The second kappa shape index (κ2) is 6.39. The van der Waals surface area contributed by atoms with Crippen LogP contribution >= 0.6 is 0 Å². The highest BCUT2D eigenvalue weighted by Crippen LogP contribution is 2.16.